The van der Waals surface area contributed by atoms with Crippen molar-refractivity contribution in [3.05, 3.63) is 29.8 Å². The number of hydrogen-bond acceptors (Lipinski definition) is 3. The van der Waals surface area contributed by atoms with E-state index in [1.807, 2.05) is 13.8 Å². The fourth-order valence-electron chi connectivity index (χ4n) is 1.98. The Balaban J connectivity index is 2.32. The SMILES string of the molecule is CC(C)(c1ccc(O)cc1)[C@H]1NC(=O)NC1=O. The minimum Gasteiger partial charge on any atom is -0.508 e. The highest BCUT2D eigenvalue weighted by Gasteiger charge is 2.42. The van der Waals surface area contributed by atoms with Gasteiger partial charge < -0.3 is 10.4 Å². The van der Waals surface area contributed by atoms with Gasteiger partial charge in [0.2, 0.25) is 0 Å². The number of phenols is 1. The van der Waals surface area contributed by atoms with E-state index in [9.17, 15) is 14.7 Å². The largest absolute Gasteiger partial charge is 0.508 e. The number of nitrogens with one attached hydrogen (secondary N) is 2. The van der Waals surface area contributed by atoms with Gasteiger partial charge in [0, 0.05) is 5.41 Å². The first kappa shape index (κ1) is 11.4. The number of urea groups is 1. The van der Waals surface area contributed by atoms with Crippen molar-refractivity contribution in [2.24, 2.45) is 0 Å². The van der Waals surface area contributed by atoms with Crippen molar-refractivity contribution >= 4 is 11.9 Å². The Kier molecular flexibility index (Phi) is 2.53. The van der Waals surface area contributed by atoms with Crippen LogP contribution in [0.1, 0.15) is 19.4 Å². The lowest BCUT2D eigenvalue weighted by Gasteiger charge is -2.29. The summed E-state index contributed by atoms with van der Waals surface area (Å²) in [6.45, 7) is 3.74. The van der Waals surface area contributed by atoms with Crippen LogP contribution in [0.15, 0.2) is 24.3 Å². The van der Waals surface area contributed by atoms with Gasteiger partial charge in [-0.1, -0.05) is 26.0 Å². The van der Waals surface area contributed by atoms with Crippen molar-refractivity contribution in [2.45, 2.75) is 25.3 Å². The van der Waals surface area contributed by atoms with E-state index in [4.69, 9.17) is 0 Å². The van der Waals surface area contributed by atoms with Crippen LogP contribution in [0.25, 0.3) is 0 Å². The maximum Gasteiger partial charge on any atom is 0.322 e. The normalized spacial score (nSPS) is 20.0. The van der Waals surface area contributed by atoms with Crippen LogP contribution < -0.4 is 10.6 Å². The standard InChI is InChI=1S/C12H14N2O3/c1-12(2,7-3-5-8(15)6-4-7)9-10(16)14-11(17)13-9/h3-6,9,15H,1-2H3,(H2,13,14,16,17)/t9-/m0/s1. The van der Waals surface area contributed by atoms with Gasteiger partial charge in [-0.25, -0.2) is 4.79 Å². The first-order chi connectivity index (χ1) is 7.91. The van der Waals surface area contributed by atoms with Gasteiger partial charge in [0.25, 0.3) is 5.91 Å². The smallest absolute Gasteiger partial charge is 0.322 e. The first-order valence-electron chi connectivity index (χ1n) is 5.32. The molecule has 0 unspecified atom stereocenters. The second-order valence-electron chi connectivity index (χ2n) is 4.66. The van der Waals surface area contributed by atoms with Gasteiger partial charge in [0.1, 0.15) is 11.8 Å². The quantitative estimate of drug-likeness (QED) is 0.664. The number of rotatable bonds is 2. The molecule has 0 radical (unpaired) electrons. The van der Waals surface area contributed by atoms with E-state index in [1.165, 1.54) is 0 Å². The Morgan fingerprint density at radius 1 is 1.18 bits per heavy atom. The van der Waals surface area contributed by atoms with Crippen LogP contribution in [0, 0.1) is 0 Å². The minimum absolute atomic E-state index is 0.171. The summed E-state index contributed by atoms with van der Waals surface area (Å²) in [4.78, 5) is 22.7. The molecule has 0 spiro atoms. The zero-order valence-corrected chi connectivity index (χ0v) is 9.65. The summed E-state index contributed by atoms with van der Waals surface area (Å²) < 4.78 is 0. The van der Waals surface area contributed by atoms with Gasteiger partial charge in [-0.15, -0.1) is 0 Å². The molecule has 1 aromatic carbocycles. The lowest BCUT2D eigenvalue weighted by molar-refractivity contribution is -0.121. The van der Waals surface area contributed by atoms with Crippen LogP contribution >= 0.6 is 0 Å². The van der Waals surface area contributed by atoms with Crippen molar-refractivity contribution in [1.82, 2.24) is 10.6 Å². The van der Waals surface area contributed by atoms with E-state index in [-0.39, 0.29) is 11.7 Å². The van der Waals surface area contributed by atoms with Crippen LogP contribution in [-0.2, 0) is 10.2 Å². The van der Waals surface area contributed by atoms with E-state index in [2.05, 4.69) is 10.6 Å². The van der Waals surface area contributed by atoms with Crippen LogP contribution in [0.3, 0.4) is 0 Å². The van der Waals surface area contributed by atoms with Crippen molar-refractivity contribution in [3.8, 4) is 5.75 Å². The Morgan fingerprint density at radius 2 is 1.76 bits per heavy atom. The summed E-state index contributed by atoms with van der Waals surface area (Å²) in [5.74, 6) is -0.155. The van der Waals surface area contributed by atoms with Crippen LogP contribution in [0.2, 0.25) is 0 Å². The van der Waals surface area contributed by atoms with Crippen molar-refractivity contribution in [3.63, 3.8) is 0 Å². The number of imide groups is 1. The Hall–Kier alpha value is -2.04. The number of carbonyl (C=O) groups is 2. The lowest BCUT2D eigenvalue weighted by atomic mass is 9.77. The van der Waals surface area contributed by atoms with Gasteiger partial charge in [-0.05, 0) is 17.7 Å². The van der Waals surface area contributed by atoms with E-state index in [0.717, 1.165) is 5.56 Å². The van der Waals surface area contributed by atoms with E-state index < -0.39 is 17.5 Å². The average molecular weight is 234 g/mol. The molecule has 5 nitrogen and oxygen atoms in total. The summed E-state index contributed by atoms with van der Waals surface area (Å²) >= 11 is 0. The third-order valence-corrected chi connectivity index (χ3v) is 3.11. The van der Waals surface area contributed by atoms with E-state index in [1.54, 1.807) is 24.3 Å². The van der Waals surface area contributed by atoms with Crippen LogP contribution in [0.4, 0.5) is 4.79 Å². The summed E-state index contributed by atoms with van der Waals surface area (Å²) in [5.41, 5.74) is 0.335. The van der Waals surface area contributed by atoms with Crippen molar-refractivity contribution in [2.75, 3.05) is 0 Å². The molecule has 0 bridgehead atoms. The second-order valence-corrected chi connectivity index (χ2v) is 4.66. The number of aromatic hydroxyl groups is 1. The summed E-state index contributed by atoms with van der Waals surface area (Å²) in [7, 11) is 0. The Bertz CT molecular complexity index is 465. The molecule has 3 N–H and O–H groups in total. The number of carbonyl (C=O) groups excluding carboxylic acids is 2. The lowest BCUT2D eigenvalue weighted by Crippen LogP contribution is -2.45. The molecule has 0 aromatic heterocycles. The predicted molar refractivity (Wildman–Crippen MR) is 61.6 cm³/mol. The summed E-state index contributed by atoms with van der Waals surface area (Å²) in [5, 5.41) is 14.0. The zero-order valence-electron chi connectivity index (χ0n) is 9.65. The third kappa shape index (κ3) is 1.95. The molecule has 1 aliphatic rings. The molecule has 0 saturated carbocycles. The number of phenolic OH excluding ortho intramolecular Hbond substituents is 1. The molecule has 1 aliphatic heterocycles. The number of amides is 3. The molecule has 1 fully saturated rings. The molecule has 17 heavy (non-hydrogen) atoms. The van der Waals surface area contributed by atoms with Crippen LogP contribution in [-0.4, -0.2) is 23.1 Å². The molecule has 1 aromatic rings. The van der Waals surface area contributed by atoms with Gasteiger partial charge in [-0.3, -0.25) is 10.1 Å². The van der Waals surface area contributed by atoms with Gasteiger partial charge in [0.15, 0.2) is 0 Å². The fourth-order valence-corrected chi connectivity index (χ4v) is 1.98. The molecule has 1 saturated heterocycles. The van der Waals surface area contributed by atoms with E-state index in [0.29, 0.717) is 0 Å². The fraction of sp³-hybridized carbons (Fsp3) is 0.333. The molecular formula is C12H14N2O3. The van der Waals surface area contributed by atoms with Gasteiger partial charge in [-0.2, -0.15) is 0 Å². The highest BCUT2D eigenvalue weighted by Crippen LogP contribution is 2.29. The molecule has 0 aliphatic carbocycles. The zero-order chi connectivity index (χ0) is 12.6. The summed E-state index contributed by atoms with van der Waals surface area (Å²) in [6.07, 6.45) is 0. The van der Waals surface area contributed by atoms with Crippen molar-refractivity contribution < 1.29 is 14.7 Å². The molecule has 5 heteroatoms. The molecule has 2 rings (SSSR count). The maximum atomic E-state index is 11.6. The summed E-state index contributed by atoms with van der Waals surface area (Å²) in [6, 6.07) is 5.55. The van der Waals surface area contributed by atoms with E-state index >= 15 is 0 Å². The number of benzene rings is 1. The van der Waals surface area contributed by atoms with Crippen molar-refractivity contribution in [1.29, 1.82) is 0 Å². The first-order valence-corrected chi connectivity index (χ1v) is 5.32. The molecule has 1 atom stereocenters. The highest BCUT2D eigenvalue weighted by atomic mass is 16.3. The molecule has 1 heterocycles. The Morgan fingerprint density at radius 3 is 2.24 bits per heavy atom. The third-order valence-electron chi connectivity index (χ3n) is 3.11. The molecule has 90 valence electrons. The predicted octanol–water partition coefficient (Wildman–Crippen LogP) is 0.878. The Labute approximate surface area is 98.8 Å². The average Bonchev–Trinajstić information content (AvgIpc) is 2.59. The van der Waals surface area contributed by atoms with Crippen LogP contribution in [0.5, 0.6) is 5.75 Å². The molecule has 3 amide bonds. The molecular weight excluding hydrogens is 220 g/mol. The number of hydrogen-bond donors (Lipinski definition) is 3. The monoisotopic (exact) mass is 234 g/mol. The topological polar surface area (TPSA) is 78.4 Å². The van der Waals surface area contributed by atoms with Gasteiger partial charge >= 0.3 is 6.03 Å². The second kappa shape index (κ2) is 3.76. The minimum atomic E-state index is -0.598. The maximum absolute atomic E-state index is 11.6. The van der Waals surface area contributed by atoms with Gasteiger partial charge in [0.05, 0.1) is 0 Å². The highest BCUT2D eigenvalue weighted by molar-refractivity contribution is 6.05.